The lowest BCUT2D eigenvalue weighted by atomic mass is 9.73. The highest BCUT2D eigenvalue weighted by Gasteiger charge is 2.35. The summed E-state index contributed by atoms with van der Waals surface area (Å²) in [5, 5.41) is 10.6. The molecule has 2 atom stereocenters. The summed E-state index contributed by atoms with van der Waals surface area (Å²) in [4.78, 5) is 0. The standard InChI is InChI=1S/C14H19FO/c1-11-5-2-3-8-14(11,16)10-12-6-4-7-13(15)9-12/h4,6-7,9,11,16H,2-3,5,8,10H2,1H3. The van der Waals surface area contributed by atoms with Crippen molar-refractivity contribution in [2.75, 3.05) is 0 Å². The van der Waals surface area contributed by atoms with Gasteiger partial charge in [-0.1, -0.05) is 31.9 Å². The van der Waals surface area contributed by atoms with Crippen molar-refractivity contribution in [2.45, 2.75) is 44.6 Å². The first-order valence-corrected chi connectivity index (χ1v) is 6.07. The normalized spacial score (nSPS) is 30.3. The van der Waals surface area contributed by atoms with Crippen molar-refractivity contribution in [3.63, 3.8) is 0 Å². The Labute approximate surface area is 96.3 Å². The Morgan fingerprint density at radius 1 is 1.44 bits per heavy atom. The van der Waals surface area contributed by atoms with Gasteiger partial charge in [-0.2, -0.15) is 0 Å². The van der Waals surface area contributed by atoms with Gasteiger partial charge in [0.15, 0.2) is 0 Å². The van der Waals surface area contributed by atoms with Gasteiger partial charge in [-0.15, -0.1) is 0 Å². The third-order valence-electron chi connectivity index (χ3n) is 3.81. The smallest absolute Gasteiger partial charge is 0.123 e. The van der Waals surface area contributed by atoms with E-state index in [4.69, 9.17) is 0 Å². The van der Waals surface area contributed by atoms with E-state index in [1.807, 2.05) is 6.07 Å². The van der Waals surface area contributed by atoms with Crippen molar-refractivity contribution in [1.29, 1.82) is 0 Å². The van der Waals surface area contributed by atoms with Gasteiger partial charge < -0.3 is 5.11 Å². The highest BCUT2D eigenvalue weighted by Crippen LogP contribution is 2.36. The number of halogens is 1. The third kappa shape index (κ3) is 2.43. The average molecular weight is 222 g/mol. The maximum Gasteiger partial charge on any atom is 0.123 e. The van der Waals surface area contributed by atoms with Crippen LogP contribution in [0.2, 0.25) is 0 Å². The fourth-order valence-electron chi connectivity index (χ4n) is 2.66. The van der Waals surface area contributed by atoms with Crippen LogP contribution in [0.5, 0.6) is 0 Å². The minimum Gasteiger partial charge on any atom is -0.389 e. The minimum absolute atomic E-state index is 0.218. The Kier molecular flexibility index (Phi) is 3.29. The van der Waals surface area contributed by atoms with Crippen LogP contribution >= 0.6 is 0 Å². The van der Waals surface area contributed by atoms with Crippen molar-refractivity contribution >= 4 is 0 Å². The first-order chi connectivity index (χ1) is 7.60. The van der Waals surface area contributed by atoms with Crippen LogP contribution in [0.1, 0.15) is 38.2 Å². The molecule has 0 radical (unpaired) electrons. The van der Waals surface area contributed by atoms with Crippen LogP contribution in [0, 0.1) is 11.7 Å². The SMILES string of the molecule is CC1CCCCC1(O)Cc1cccc(F)c1. The molecule has 1 aliphatic rings. The summed E-state index contributed by atoms with van der Waals surface area (Å²) in [6.07, 6.45) is 4.77. The molecule has 0 bridgehead atoms. The molecule has 1 aromatic rings. The van der Waals surface area contributed by atoms with E-state index in [0.717, 1.165) is 24.8 Å². The van der Waals surface area contributed by atoms with Gasteiger partial charge in [-0.3, -0.25) is 0 Å². The molecule has 0 aromatic heterocycles. The summed E-state index contributed by atoms with van der Waals surface area (Å²) in [6, 6.07) is 6.57. The van der Waals surface area contributed by atoms with Crippen molar-refractivity contribution in [3.05, 3.63) is 35.6 Å². The number of hydrogen-bond donors (Lipinski definition) is 1. The molecule has 0 amide bonds. The monoisotopic (exact) mass is 222 g/mol. The Balaban J connectivity index is 2.13. The molecule has 1 fully saturated rings. The van der Waals surface area contributed by atoms with Gasteiger partial charge in [-0.25, -0.2) is 4.39 Å². The molecule has 16 heavy (non-hydrogen) atoms. The maximum absolute atomic E-state index is 13.1. The van der Waals surface area contributed by atoms with Gasteiger partial charge in [0, 0.05) is 6.42 Å². The van der Waals surface area contributed by atoms with Crippen LogP contribution in [0.15, 0.2) is 24.3 Å². The van der Waals surface area contributed by atoms with Crippen molar-refractivity contribution < 1.29 is 9.50 Å². The molecule has 0 spiro atoms. The second kappa shape index (κ2) is 4.54. The molecular formula is C14H19FO. The molecule has 0 heterocycles. The van der Waals surface area contributed by atoms with Crippen LogP contribution in [-0.2, 0) is 6.42 Å². The molecule has 0 saturated heterocycles. The van der Waals surface area contributed by atoms with Crippen molar-refractivity contribution in [1.82, 2.24) is 0 Å². The van der Waals surface area contributed by atoms with E-state index in [1.165, 1.54) is 18.6 Å². The molecule has 2 heteroatoms. The average Bonchev–Trinajstić information content (AvgIpc) is 2.23. The summed E-state index contributed by atoms with van der Waals surface area (Å²) in [6.45, 7) is 2.10. The van der Waals surface area contributed by atoms with Gasteiger partial charge in [0.1, 0.15) is 5.82 Å². The molecular weight excluding hydrogens is 203 g/mol. The van der Waals surface area contributed by atoms with E-state index in [0.29, 0.717) is 12.3 Å². The third-order valence-corrected chi connectivity index (χ3v) is 3.81. The van der Waals surface area contributed by atoms with Crippen LogP contribution in [0.3, 0.4) is 0 Å². The van der Waals surface area contributed by atoms with Crippen LogP contribution < -0.4 is 0 Å². The predicted molar refractivity (Wildman–Crippen MR) is 62.7 cm³/mol. The predicted octanol–water partition coefficient (Wildman–Crippen LogP) is 3.31. The van der Waals surface area contributed by atoms with E-state index < -0.39 is 5.60 Å². The number of rotatable bonds is 2. The zero-order chi connectivity index (χ0) is 11.6. The van der Waals surface area contributed by atoms with Crippen molar-refractivity contribution in [2.24, 2.45) is 5.92 Å². The van der Waals surface area contributed by atoms with Gasteiger partial charge >= 0.3 is 0 Å². The summed E-state index contributed by atoms with van der Waals surface area (Å²) in [5.74, 6) is 0.0917. The summed E-state index contributed by atoms with van der Waals surface area (Å²) in [5.41, 5.74) is 0.266. The molecule has 1 aliphatic carbocycles. The maximum atomic E-state index is 13.1. The molecule has 1 N–H and O–H groups in total. The Morgan fingerprint density at radius 3 is 2.94 bits per heavy atom. The fraction of sp³-hybridized carbons (Fsp3) is 0.571. The highest BCUT2D eigenvalue weighted by atomic mass is 19.1. The van der Waals surface area contributed by atoms with Gasteiger partial charge in [-0.05, 0) is 36.5 Å². The van der Waals surface area contributed by atoms with E-state index in [2.05, 4.69) is 6.92 Å². The first-order valence-electron chi connectivity index (χ1n) is 6.07. The van der Waals surface area contributed by atoms with E-state index in [9.17, 15) is 9.50 Å². The van der Waals surface area contributed by atoms with Gasteiger partial charge in [0.2, 0.25) is 0 Å². The lowest BCUT2D eigenvalue weighted by molar-refractivity contribution is -0.0405. The Bertz CT molecular complexity index is 364. The second-order valence-electron chi connectivity index (χ2n) is 5.06. The van der Waals surface area contributed by atoms with Crippen LogP contribution in [0.4, 0.5) is 4.39 Å². The molecule has 2 rings (SSSR count). The number of benzene rings is 1. The minimum atomic E-state index is -0.633. The van der Waals surface area contributed by atoms with Crippen LogP contribution in [-0.4, -0.2) is 10.7 Å². The van der Waals surface area contributed by atoms with E-state index in [-0.39, 0.29) is 5.82 Å². The number of hydrogen-bond acceptors (Lipinski definition) is 1. The molecule has 88 valence electrons. The summed E-state index contributed by atoms with van der Waals surface area (Å²) < 4.78 is 13.1. The van der Waals surface area contributed by atoms with E-state index >= 15 is 0 Å². The molecule has 2 unspecified atom stereocenters. The molecule has 1 aromatic carbocycles. The quantitative estimate of drug-likeness (QED) is 0.814. The summed E-state index contributed by atoms with van der Waals surface area (Å²) >= 11 is 0. The van der Waals surface area contributed by atoms with E-state index in [1.54, 1.807) is 6.07 Å². The molecule has 1 nitrogen and oxygen atoms in total. The zero-order valence-corrected chi connectivity index (χ0v) is 9.75. The highest BCUT2D eigenvalue weighted by molar-refractivity contribution is 5.19. The van der Waals surface area contributed by atoms with Gasteiger partial charge in [0.05, 0.1) is 5.60 Å². The fourth-order valence-corrected chi connectivity index (χ4v) is 2.66. The topological polar surface area (TPSA) is 20.2 Å². The summed E-state index contributed by atoms with van der Waals surface area (Å²) in [7, 11) is 0. The van der Waals surface area contributed by atoms with Crippen LogP contribution in [0.25, 0.3) is 0 Å². The van der Waals surface area contributed by atoms with Gasteiger partial charge in [0.25, 0.3) is 0 Å². The van der Waals surface area contributed by atoms with Crippen molar-refractivity contribution in [3.8, 4) is 0 Å². The lowest BCUT2D eigenvalue weighted by Gasteiger charge is -2.38. The lowest BCUT2D eigenvalue weighted by Crippen LogP contribution is -2.41. The second-order valence-corrected chi connectivity index (χ2v) is 5.06. The largest absolute Gasteiger partial charge is 0.389 e. The zero-order valence-electron chi connectivity index (χ0n) is 9.75. The molecule has 0 aliphatic heterocycles. The first kappa shape index (κ1) is 11.6. The Morgan fingerprint density at radius 2 is 2.25 bits per heavy atom. The molecule has 1 saturated carbocycles. The Hall–Kier alpha value is -0.890. The number of aliphatic hydroxyl groups is 1.